The number of aliphatic hydroxyl groups excluding tert-OH is 2. The van der Waals surface area contributed by atoms with Crippen molar-refractivity contribution in [2.24, 2.45) is 5.92 Å². The first-order chi connectivity index (χ1) is 14.2. The molecular weight excluding hydrogens is 411 g/mol. The number of para-hydroxylation sites is 1. The van der Waals surface area contributed by atoms with Crippen molar-refractivity contribution in [2.45, 2.75) is 32.8 Å². The van der Waals surface area contributed by atoms with Gasteiger partial charge in [-0.2, -0.15) is 0 Å². The molecule has 9 heteroatoms. The summed E-state index contributed by atoms with van der Waals surface area (Å²) >= 11 is 0. The van der Waals surface area contributed by atoms with E-state index < -0.39 is 44.2 Å². The third-order valence-electron chi connectivity index (χ3n) is 4.49. The van der Waals surface area contributed by atoms with Crippen LogP contribution in [0.5, 0.6) is 5.75 Å². The lowest BCUT2D eigenvalue weighted by Crippen LogP contribution is -2.32. The number of rotatable bonds is 7. The summed E-state index contributed by atoms with van der Waals surface area (Å²) in [5.74, 6) is -2.58. The SMILES string of the molecule is CC(O)OC(=O)CC(CP1(=O)Oc2ccccc2-c2ccccc21)C(=O)OC(C)O. The zero-order valence-electron chi connectivity index (χ0n) is 16.6. The fourth-order valence-electron chi connectivity index (χ4n) is 3.33. The summed E-state index contributed by atoms with van der Waals surface area (Å²) in [6.07, 6.45) is -3.60. The van der Waals surface area contributed by atoms with E-state index in [4.69, 9.17) is 14.0 Å². The predicted molar refractivity (Wildman–Crippen MR) is 108 cm³/mol. The minimum atomic E-state index is -3.63. The van der Waals surface area contributed by atoms with Gasteiger partial charge in [0.05, 0.1) is 23.8 Å². The number of ether oxygens (including phenoxy) is 2. The molecule has 1 aliphatic rings. The predicted octanol–water partition coefficient (Wildman–Crippen LogP) is 2.42. The first-order valence-corrected chi connectivity index (χ1v) is 11.2. The Morgan fingerprint density at radius 1 is 0.967 bits per heavy atom. The summed E-state index contributed by atoms with van der Waals surface area (Å²) in [5, 5.41) is 19.1. The van der Waals surface area contributed by atoms with Crippen molar-refractivity contribution in [1.82, 2.24) is 0 Å². The molecule has 0 spiro atoms. The molecular formula is C21H23O8P. The van der Waals surface area contributed by atoms with Gasteiger partial charge >= 0.3 is 11.9 Å². The summed E-state index contributed by atoms with van der Waals surface area (Å²) in [5.41, 5.74) is 1.49. The molecule has 0 radical (unpaired) electrons. The van der Waals surface area contributed by atoms with Gasteiger partial charge in [-0.3, -0.25) is 14.2 Å². The molecule has 1 heterocycles. The Morgan fingerprint density at radius 2 is 1.57 bits per heavy atom. The zero-order valence-corrected chi connectivity index (χ0v) is 17.5. The van der Waals surface area contributed by atoms with E-state index in [0.29, 0.717) is 11.1 Å². The van der Waals surface area contributed by atoms with Crippen LogP contribution in [0.1, 0.15) is 20.3 Å². The third kappa shape index (κ3) is 4.90. The number of esters is 2. The smallest absolute Gasteiger partial charge is 0.312 e. The molecule has 0 fully saturated rings. The maximum absolute atomic E-state index is 13.9. The molecule has 1 aliphatic heterocycles. The highest BCUT2D eigenvalue weighted by atomic mass is 31.2. The number of aliphatic hydroxyl groups is 2. The Balaban J connectivity index is 1.96. The van der Waals surface area contributed by atoms with Crippen LogP contribution in [0.3, 0.4) is 0 Å². The second-order valence-corrected chi connectivity index (χ2v) is 9.36. The van der Waals surface area contributed by atoms with Crippen molar-refractivity contribution in [3.05, 3.63) is 48.5 Å². The summed E-state index contributed by atoms with van der Waals surface area (Å²) in [4.78, 5) is 24.6. The molecule has 2 aromatic carbocycles. The average molecular weight is 434 g/mol. The van der Waals surface area contributed by atoms with Crippen LogP contribution in [-0.4, -0.2) is 40.9 Å². The van der Waals surface area contributed by atoms with Crippen LogP contribution in [0.4, 0.5) is 0 Å². The minimum absolute atomic E-state index is 0.335. The number of hydrogen-bond donors (Lipinski definition) is 2. The van der Waals surface area contributed by atoms with E-state index in [2.05, 4.69) is 0 Å². The normalized spacial score (nSPS) is 20.0. The van der Waals surface area contributed by atoms with Gasteiger partial charge in [0.2, 0.25) is 0 Å². The average Bonchev–Trinajstić information content (AvgIpc) is 2.66. The Morgan fingerprint density at radius 3 is 2.23 bits per heavy atom. The Kier molecular flexibility index (Phi) is 6.61. The van der Waals surface area contributed by atoms with E-state index in [-0.39, 0.29) is 6.16 Å². The number of carbonyl (C=O) groups is 2. The number of carbonyl (C=O) groups excluding carboxylic acids is 2. The fraction of sp³-hybridized carbons (Fsp3) is 0.333. The summed E-state index contributed by atoms with van der Waals surface area (Å²) < 4.78 is 29.3. The zero-order chi connectivity index (χ0) is 21.9. The largest absolute Gasteiger partial charge is 0.439 e. The molecule has 30 heavy (non-hydrogen) atoms. The van der Waals surface area contributed by atoms with E-state index in [9.17, 15) is 24.4 Å². The summed E-state index contributed by atoms with van der Waals surface area (Å²) in [6, 6.07) is 14.1. The van der Waals surface area contributed by atoms with Crippen LogP contribution in [0, 0.1) is 5.92 Å². The van der Waals surface area contributed by atoms with Crippen LogP contribution in [-0.2, 0) is 23.6 Å². The molecule has 3 rings (SSSR count). The van der Waals surface area contributed by atoms with Gasteiger partial charge < -0.3 is 24.2 Å². The molecule has 4 unspecified atom stereocenters. The van der Waals surface area contributed by atoms with Crippen LogP contribution in [0.25, 0.3) is 11.1 Å². The van der Waals surface area contributed by atoms with Gasteiger partial charge in [0.1, 0.15) is 5.75 Å². The van der Waals surface area contributed by atoms with Gasteiger partial charge in [-0.25, -0.2) is 0 Å². The van der Waals surface area contributed by atoms with Gasteiger partial charge in [0.15, 0.2) is 12.6 Å². The Bertz CT molecular complexity index is 984. The maximum Gasteiger partial charge on any atom is 0.312 e. The molecule has 0 saturated heterocycles. The van der Waals surface area contributed by atoms with Crippen LogP contribution >= 0.6 is 7.37 Å². The number of hydrogen-bond acceptors (Lipinski definition) is 8. The maximum atomic E-state index is 13.9. The first-order valence-electron chi connectivity index (χ1n) is 9.43. The molecule has 0 bridgehead atoms. The first kappa shape index (κ1) is 22.0. The summed E-state index contributed by atoms with van der Waals surface area (Å²) in [7, 11) is -3.63. The van der Waals surface area contributed by atoms with E-state index in [1.807, 2.05) is 24.3 Å². The molecule has 2 aromatic rings. The summed E-state index contributed by atoms with van der Waals surface area (Å²) in [6.45, 7) is 2.49. The topological polar surface area (TPSA) is 119 Å². The quantitative estimate of drug-likeness (QED) is 0.387. The van der Waals surface area contributed by atoms with Crippen molar-refractivity contribution in [3.63, 3.8) is 0 Å². The third-order valence-corrected chi connectivity index (χ3v) is 7.03. The molecule has 0 aliphatic carbocycles. The van der Waals surface area contributed by atoms with Crippen molar-refractivity contribution in [1.29, 1.82) is 0 Å². The molecule has 0 aromatic heterocycles. The second kappa shape index (κ2) is 9.00. The standard InChI is InChI=1S/C21H23O8P/c1-13(22)27-20(24)11-15(21(25)28-14(2)23)12-30(26)19-10-6-4-8-17(19)16-7-3-5-9-18(16)29-30/h3-10,13-15,22-23H,11-12H2,1-2H3. The van der Waals surface area contributed by atoms with E-state index in [1.54, 1.807) is 24.3 Å². The van der Waals surface area contributed by atoms with Crippen LogP contribution in [0.2, 0.25) is 0 Å². The van der Waals surface area contributed by atoms with Crippen molar-refractivity contribution < 1.29 is 38.4 Å². The van der Waals surface area contributed by atoms with E-state index >= 15 is 0 Å². The minimum Gasteiger partial charge on any atom is -0.439 e. The highest BCUT2D eigenvalue weighted by molar-refractivity contribution is 7.67. The van der Waals surface area contributed by atoms with Gasteiger partial charge in [0, 0.05) is 5.56 Å². The number of fused-ring (bicyclic) bond motifs is 3. The lowest BCUT2D eigenvalue weighted by molar-refractivity contribution is -0.176. The van der Waals surface area contributed by atoms with Gasteiger partial charge in [0.25, 0.3) is 7.37 Å². The lowest BCUT2D eigenvalue weighted by Gasteiger charge is -2.30. The fourth-order valence-corrected chi connectivity index (χ4v) is 5.91. The molecule has 0 amide bonds. The highest BCUT2D eigenvalue weighted by Gasteiger charge is 2.41. The molecule has 4 atom stereocenters. The van der Waals surface area contributed by atoms with E-state index in [0.717, 1.165) is 11.1 Å². The van der Waals surface area contributed by atoms with Crippen molar-refractivity contribution in [3.8, 4) is 16.9 Å². The highest BCUT2D eigenvalue weighted by Crippen LogP contribution is 2.55. The van der Waals surface area contributed by atoms with E-state index in [1.165, 1.54) is 13.8 Å². The monoisotopic (exact) mass is 434 g/mol. The van der Waals surface area contributed by atoms with Gasteiger partial charge in [-0.05, 0) is 31.5 Å². The Hall–Kier alpha value is -2.67. The Labute approximate surface area is 173 Å². The molecule has 2 N–H and O–H groups in total. The van der Waals surface area contributed by atoms with Crippen LogP contribution in [0.15, 0.2) is 48.5 Å². The lowest BCUT2D eigenvalue weighted by atomic mass is 10.0. The number of benzene rings is 2. The molecule has 8 nitrogen and oxygen atoms in total. The second-order valence-electron chi connectivity index (χ2n) is 6.99. The van der Waals surface area contributed by atoms with Gasteiger partial charge in [-0.1, -0.05) is 36.4 Å². The molecule has 0 saturated carbocycles. The van der Waals surface area contributed by atoms with Crippen molar-refractivity contribution in [2.75, 3.05) is 6.16 Å². The van der Waals surface area contributed by atoms with Crippen molar-refractivity contribution >= 4 is 24.6 Å². The van der Waals surface area contributed by atoms with Gasteiger partial charge in [-0.15, -0.1) is 0 Å². The molecule has 160 valence electrons. The van der Waals surface area contributed by atoms with Crippen LogP contribution < -0.4 is 9.83 Å².